The maximum absolute atomic E-state index is 12.1. The summed E-state index contributed by atoms with van der Waals surface area (Å²) < 4.78 is 16.1. The Kier molecular flexibility index (Phi) is 4.13. The maximum Gasteiger partial charge on any atom is 0.338 e. The lowest BCUT2D eigenvalue weighted by Gasteiger charge is -2.22. The predicted molar refractivity (Wildman–Crippen MR) is 102 cm³/mol. The van der Waals surface area contributed by atoms with Gasteiger partial charge >= 0.3 is 11.9 Å². The first-order valence-corrected chi connectivity index (χ1v) is 13.9. The van der Waals surface area contributed by atoms with Crippen LogP contribution in [0.3, 0.4) is 0 Å². The van der Waals surface area contributed by atoms with Gasteiger partial charge in [0.1, 0.15) is 0 Å². The molecule has 0 aliphatic carbocycles. The van der Waals surface area contributed by atoms with Gasteiger partial charge < -0.3 is 13.6 Å². The number of fused-ring (bicyclic) bond motifs is 2. The molecule has 1 aliphatic rings. The summed E-state index contributed by atoms with van der Waals surface area (Å²) in [5.74, 6) is -1.10. The Morgan fingerprint density at radius 2 is 1.12 bits per heavy atom. The predicted octanol–water partition coefficient (Wildman–Crippen LogP) is 2.27. The molecule has 0 saturated heterocycles. The van der Waals surface area contributed by atoms with E-state index in [9.17, 15) is 9.59 Å². The lowest BCUT2D eigenvalue weighted by Crippen LogP contribution is -2.44. The van der Waals surface area contributed by atoms with E-state index in [1.807, 2.05) is 0 Å². The van der Waals surface area contributed by atoms with Crippen molar-refractivity contribution in [2.24, 2.45) is 0 Å². The van der Waals surface area contributed by atoms with Gasteiger partial charge in [0.25, 0.3) is 0 Å². The van der Waals surface area contributed by atoms with E-state index in [4.69, 9.17) is 13.6 Å². The van der Waals surface area contributed by atoms with E-state index >= 15 is 0 Å². The van der Waals surface area contributed by atoms with Crippen molar-refractivity contribution in [1.82, 2.24) is 0 Å². The molecule has 1 heterocycles. The smallest absolute Gasteiger partial charge is 0.338 e. The van der Waals surface area contributed by atoms with Crippen LogP contribution < -0.4 is 10.4 Å². The number of benzene rings is 2. The van der Waals surface area contributed by atoms with Crippen LogP contribution >= 0.6 is 0 Å². The Balaban J connectivity index is 2.33. The number of carbonyl (C=O) groups excluding carboxylic acids is 2. The number of hydrogen-bond donors (Lipinski definition) is 0. The van der Waals surface area contributed by atoms with E-state index in [0.717, 1.165) is 10.8 Å². The van der Waals surface area contributed by atoms with Gasteiger partial charge in [0.05, 0.1) is 25.3 Å². The van der Waals surface area contributed by atoms with Crippen molar-refractivity contribution in [3.05, 3.63) is 35.4 Å². The monoisotopic (exact) mass is 374 g/mol. The molecule has 25 heavy (non-hydrogen) atoms. The summed E-state index contributed by atoms with van der Waals surface area (Å²) in [5, 5.41) is 4.36. The molecule has 0 aromatic heterocycles. The minimum Gasteiger partial charge on any atom is -0.465 e. The standard InChI is InChI=1S/C18H22O5Si2/c1-21-17(19)13-7-11-9-15-16(25(5,6)23-24(15,3)4)10-12(11)8-14(13)18(20)22-2/h7-10H,1-6H3. The highest BCUT2D eigenvalue weighted by atomic mass is 28.4. The fourth-order valence-electron chi connectivity index (χ4n) is 3.65. The van der Waals surface area contributed by atoms with Gasteiger partial charge in [0, 0.05) is 0 Å². The zero-order valence-electron chi connectivity index (χ0n) is 15.4. The highest BCUT2D eigenvalue weighted by molar-refractivity contribution is 7.06. The molecule has 0 fully saturated rings. The fourth-order valence-corrected chi connectivity index (χ4v) is 13.9. The largest absolute Gasteiger partial charge is 0.465 e. The minimum absolute atomic E-state index is 0.219. The molecule has 3 rings (SSSR count). The Labute approximate surface area is 149 Å². The summed E-state index contributed by atoms with van der Waals surface area (Å²) in [6.07, 6.45) is 0. The summed E-state index contributed by atoms with van der Waals surface area (Å²) >= 11 is 0. The molecule has 2 aromatic carbocycles. The molecule has 0 N–H and O–H groups in total. The van der Waals surface area contributed by atoms with Crippen molar-refractivity contribution < 1.29 is 23.2 Å². The summed E-state index contributed by atoms with van der Waals surface area (Å²) in [4.78, 5) is 24.2. The molecular weight excluding hydrogens is 352 g/mol. The van der Waals surface area contributed by atoms with Crippen molar-refractivity contribution >= 4 is 49.7 Å². The number of methoxy groups -OCH3 is 2. The molecule has 132 valence electrons. The van der Waals surface area contributed by atoms with Crippen molar-refractivity contribution in [2.45, 2.75) is 26.2 Å². The summed E-state index contributed by atoms with van der Waals surface area (Å²) in [5.41, 5.74) is 0.438. The van der Waals surface area contributed by atoms with Crippen LogP contribution in [0.15, 0.2) is 24.3 Å². The zero-order chi connectivity index (χ0) is 18.6. The number of carbonyl (C=O) groups is 2. The molecule has 0 saturated carbocycles. The molecule has 5 nitrogen and oxygen atoms in total. The first-order chi connectivity index (χ1) is 11.6. The first kappa shape index (κ1) is 17.8. The van der Waals surface area contributed by atoms with Crippen LogP contribution in [-0.2, 0) is 13.6 Å². The first-order valence-electron chi connectivity index (χ1n) is 8.10. The van der Waals surface area contributed by atoms with Gasteiger partial charge in [-0.2, -0.15) is 0 Å². The van der Waals surface area contributed by atoms with Crippen molar-refractivity contribution in [2.75, 3.05) is 14.2 Å². The highest BCUT2D eigenvalue weighted by Gasteiger charge is 2.46. The van der Waals surface area contributed by atoms with Gasteiger partial charge in [-0.05, 0) is 59.5 Å². The average molecular weight is 375 g/mol. The van der Waals surface area contributed by atoms with Gasteiger partial charge in [-0.25, -0.2) is 9.59 Å². The molecule has 2 aromatic rings. The second-order valence-electron chi connectivity index (χ2n) is 7.25. The lowest BCUT2D eigenvalue weighted by atomic mass is 10.0. The van der Waals surface area contributed by atoms with Gasteiger partial charge in [0.2, 0.25) is 16.6 Å². The van der Waals surface area contributed by atoms with Crippen molar-refractivity contribution in [1.29, 1.82) is 0 Å². The summed E-state index contributed by atoms with van der Waals surface area (Å²) in [7, 11) is -1.31. The second-order valence-corrected chi connectivity index (χ2v) is 15.2. The molecule has 0 amide bonds. The molecule has 0 radical (unpaired) electrons. The normalized spacial score (nSPS) is 17.2. The van der Waals surface area contributed by atoms with Crippen molar-refractivity contribution in [3.8, 4) is 0 Å². The Morgan fingerprint density at radius 1 is 0.760 bits per heavy atom. The number of hydrogen-bond acceptors (Lipinski definition) is 5. The van der Waals surface area contributed by atoms with Crippen LogP contribution in [0.1, 0.15) is 20.7 Å². The third-order valence-electron chi connectivity index (χ3n) is 4.73. The van der Waals surface area contributed by atoms with Crippen LogP contribution in [0.4, 0.5) is 0 Å². The quantitative estimate of drug-likeness (QED) is 0.596. The van der Waals surface area contributed by atoms with Gasteiger partial charge in [-0.15, -0.1) is 0 Å². The summed E-state index contributed by atoms with van der Waals surface area (Å²) in [6.45, 7) is 8.79. The Bertz CT molecular complexity index is 829. The zero-order valence-corrected chi connectivity index (χ0v) is 17.4. The van der Waals surface area contributed by atoms with Crippen LogP contribution in [0.2, 0.25) is 26.2 Å². The topological polar surface area (TPSA) is 61.8 Å². The number of ether oxygens (including phenoxy) is 2. The third kappa shape index (κ3) is 2.82. The van der Waals surface area contributed by atoms with Crippen LogP contribution in [-0.4, -0.2) is 42.8 Å². The SMILES string of the molecule is COC(=O)c1cc2cc3c(cc2cc1C(=O)OC)[Si](C)(C)O[Si]3(C)C. The van der Waals surface area contributed by atoms with Gasteiger partial charge in [0.15, 0.2) is 0 Å². The average Bonchev–Trinajstić information content (AvgIpc) is 2.74. The highest BCUT2D eigenvalue weighted by Crippen LogP contribution is 2.27. The number of rotatable bonds is 2. The minimum atomic E-state index is -1.95. The van der Waals surface area contributed by atoms with E-state index in [1.54, 1.807) is 12.1 Å². The van der Waals surface area contributed by atoms with Crippen molar-refractivity contribution in [3.63, 3.8) is 0 Å². The van der Waals surface area contributed by atoms with Gasteiger partial charge in [-0.1, -0.05) is 12.1 Å². The maximum atomic E-state index is 12.1. The summed E-state index contributed by atoms with van der Waals surface area (Å²) in [6, 6.07) is 7.66. The van der Waals surface area contributed by atoms with Crippen LogP contribution in [0, 0.1) is 0 Å². The molecular formula is C18H22O5Si2. The molecule has 0 bridgehead atoms. The molecule has 7 heteroatoms. The van der Waals surface area contributed by atoms with E-state index in [1.165, 1.54) is 24.6 Å². The van der Waals surface area contributed by atoms with Crippen LogP contribution in [0.5, 0.6) is 0 Å². The third-order valence-corrected chi connectivity index (χ3v) is 12.5. The van der Waals surface area contributed by atoms with E-state index in [-0.39, 0.29) is 11.1 Å². The molecule has 1 aliphatic heterocycles. The van der Waals surface area contributed by atoms with Crippen LogP contribution in [0.25, 0.3) is 10.8 Å². The van der Waals surface area contributed by atoms with Gasteiger partial charge in [-0.3, -0.25) is 0 Å². The molecule has 0 spiro atoms. The second kappa shape index (κ2) is 5.79. The van der Waals surface area contributed by atoms with E-state index in [0.29, 0.717) is 0 Å². The molecule has 0 unspecified atom stereocenters. The van der Waals surface area contributed by atoms with E-state index < -0.39 is 28.6 Å². The Morgan fingerprint density at radius 3 is 1.44 bits per heavy atom. The lowest BCUT2D eigenvalue weighted by molar-refractivity contribution is 0.0555. The fraction of sp³-hybridized carbons (Fsp3) is 0.333. The molecule has 0 atom stereocenters. The number of esters is 2. The Hall–Kier alpha value is -1.97. The van der Waals surface area contributed by atoms with E-state index in [2.05, 4.69) is 38.3 Å².